The van der Waals surface area contributed by atoms with Gasteiger partial charge >= 0.3 is 6.18 Å². The van der Waals surface area contributed by atoms with E-state index in [1.807, 2.05) is 19.2 Å². The number of rotatable bonds is 7. The number of amides is 1. The summed E-state index contributed by atoms with van der Waals surface area (Å²) in [6.45, 7) is 1.75. The van der Waals surface area contributed by atoms with Crippen molar-refractivity contribution in [2.75, 3.05) is 31.3 Å². The number of carbonyl (C=O) groups excluding carboxylic acids is 1. The molecule has 4 N–H and O–H groups in total. The van der Waals surface area contributed by atoms with Crippen LogP contribution in [0, 0.1) is 0 Å². The minimum Gasteiger partial charge on any atom is -0.495 e. The summed E-state index contributed by atoms with van der Waals surface area (Å²) in [4.78, 5) is 22.6. The number of hydrogen-bond donors (Lipinski definition) is 3. The van der Waals surface area contributed by atoms with Gasteiger partial charge in [-0.05, 0) is 54.4 Å². The quantitative estimate of drug-likeness (QED) is 0.465. The van der Waals surface area contributed by atoms with E-state index in [4.69, 9.17) is 10.5 Å². The Labute approximate surface area is 200 Å². The number of benzene rings is 2. The molecule has 0 aliphatic carbocycles. The van der Waals surface area contributed by atoms with E-state index >= 15 is 0 Å². The van der Waals surface area contributed by atoms with Gasteiger partial charge in [-0.25, -0.2) is 4.98 Å². The molecule has 2 heterocycles. The number of fused-ring (bicyclic) bond motifs is 1. The second kappa shape index (κ2) is 9.79. The van der Waals surface area contributed by atoms with Gasteiger partial charge in [0.05, 0.1) is 23.9 Å². The zero-order chi connectivity index (χ0) is 25.2. The van der Waals surface area contributed by atoms with Crippen molar-refractivity contribution < 1.29 is 22.7 Å². The third-order valence-corrected chi connectivity index (χ3v) is 5.74. The zero-order valence-corrected chi connectivity index (χ0v) is 19.2. The van der Waals surface area contributed by atoms with Gasteiger partial charge in [0.15, 0.2) is 0 Å². The number of aromatic nitrogens is 2. The van der Waals surface area contributed by atoms with E-state index in [1.165, 1.54) is 17.8 Å². The minimum absolute atomic E-state index is 0.00481. The molecule has 1 amide bonds. The summed E-state index contributed by atoms with van der Waals surface area (Å²) >= 11 is 0. The fourth-order valence-corrected chi connectivity index (χ4v) is 3.92. The molecule has 0 saturated heterocycles. The lowest BCUT2D eigenvalue weighted by Gasteiger charge is -2.26. The normalized spacial score (nSPS) is 13.7. The van der Waals surface area contributed by atoms with E-state index in [0.717, 1.165) is 37.2 Å². The molecule has 8 nitrogen and oxygen atoms in total. The molecule has 4 rings (SSSR count). The van der Waals surface area contributed by atoms with Gasteiger partial charge in [-0.15, -0.1) is 0 Å². The first-order chi connectivity index (χ1) is 16.6. The van der Waals surface area contributed by atoms with Crippen molar-refractivity contribution in [2.45, 2.75) is 25.7 Å². The average Bonchev–Trinajstić information content (AvgIpc) is 2.82. The van der Waals surface area contributed by atoms with E-state index < -0.39 is 17.6 Å². The van der Waals surface area contributed by atoms with Gasteiger partial charge in [-0.3, -0.25) is 4.79 Å². The molecule has 0 saturated carbocycles. The third-order valence-electron chi connectivity index (χ3n) is 5.74. The molecule has 0 unspecified atom stereocenters. The van der Waals surface area contributed by atoms with Crippen molar-refractivity contribution in [3.8, 4) is 5.75 Å². The predicted molar refractivity (Wildman–Crippen MR) is 126 cm³/mol. The topological polar surface area (TPSA) is 105 Å². The van der Waals surface area contributed by atoms with Crippen molar-refractivity contribution >= 4 is 23.4 Å². The van der Waals surface area contributed by atoms with Crippen LogP contribution in [0.25, 0.3) is 0 Å². The highest BCUT2D eigenvalue weighted by Crippen LogP contribution is 2.33. The number of likely N-dealkylation sites (N-methyl/N-ethyl adjacent to an activating group) is 1. The van der Waals surface area contributed by atoms with E-state index in [0.29, 0.717) is 17.0 Å². The Balaban J connectivity index is 1.59. The van der Waals surface area contributed by atoms with Gasteiger partial charge in [0, 0.05) is 25.8 Å². The molecule has 0 fully saturated rings. The first-order valence-electron chi connectivity index (χ1n) is 10.9. The van der Waals surface area contributed by atoms with Crippen molar-refractivity contribution in [3.63, 3.8) is 0 Å². The average molecular weight is 486 g/mol. The van der Waals surface area contributed by atoms with Crippen LogP contribution >= 0.6 is 0 Å². The smallest absolute Gasteiger partial charge is 0.416 e. The number of ether oxygens (including phenoxy) is 1. The minimum atomic E-state index is -4.46. The SMILES string of the molecule is COc1cc2c(cc1Nc1ncc(C(N)=O)c(NCc3cccc(C(F)(F)F)c3)n1)CN(C)CC2. The van der Waals surface area contributed by atoms with Gasteiger partial charge in [0.25, 0.3) is 5.91 Å². The Morgan fingerprint density at radius 1 is 1.23 bits per heavy atom. The Hall–Kier alpha value is -3.86. The van der Waals surface area contributed by atoms with Crippen LogP contribution in [0.3, 0.4) is 0 Å². The molecular formula is C24H25F3N6O2. The summed E-state index contributed by atoms with van der Waals surface area (Å²) < 4.78 is 44.6. The van der Waals surface area contributed by atoms with Crippen LogP contribution in [0.1, 0.15) is 32.6 Å². The maximum Gasteiger partial charge on any atom is 0.416 e. The molecule has 1 aliphatic heterocycles. The number of alkyl halides is 3. The van der Waals surface area contributed by atoms with Crippen LogP contribution in [0.15, 0.2) is 42.6 Å². The molecule has 1 aliphatic rings. The fourth-order valence-electron chi connectivity index (χ4n) is 3.92. The maximum absolute atomic E-state index is 13.0. The standard InChI is InChI=1S/C24H25F3N6O2/c1-33-7-6-15-10-20(35-2)19(9-16(15)13-33)31-23-30-12-18(21(28)34)22(32-23)29-11-14-4-3-5-17(8-14)24(25,26)27/h3-5,8-10,12H,6-7,11,13H2,1-2H3,(H2,28,34)(H2,29,30,31,32). The first kappa shape index (κ1) is 24.3. The number of primary amides is 1. The summed E-state index contributed by atoms with van der Waals surface area (Å²) in [6.07, 6.45) is -2.27. The highest BCUT2D eigenvalue weighted by atomic mass is 19.4. The molecule has 1 aromatic heterocycles. The van der Waals surface area contributed by atoms with Crippen LogP contribution < -0.4 is 21.1 Å². The maximum atomic E-state index is 13.0. The molecule has 3 aromatic rings. The van der Waals surface area contributed by atoms with Gasteiger partial charge in [0.1, 0.15) is 11.6 Å². The van der Waals surface area contributed by atoms with Crippen LogP contribution in [-0.2, 0) is 25.7 Å². The lowest BCUT2D eigenvalue weighted by atomic mass is 9.99. The van der Waals surface area contributed by atoms with Crippen molar-refractivity contribution in [2.24, 2.45) is 5.73 Å². The zero-order valence-electron chi connectivity index (χ0n) is 19.2. The largest absolute Gasteiger partial charge is 0.495 e. The number of nitrogens with two attached hydrogens (primary N) is 1. The Morgan fingerprint density at radius 3 is 2.74 bits per heavy atom. The number of nitrogens with zero attached hydrogens (tertiary/aromatic N) is 3. The van der Waals surface area contributed by atoms with Gasteiger partial charge < -0.3 is 26.0 Å². The highest BCUT2D eigenvalue weighted by Gasteiger charge is 2.30. The molecule has 0 radical (unpaired) electrons. The fraction of sp³-hybridized carbons (Fsp3) is 0.292. The summed E-state index contributed by atoms with van der Waals surface area (Å²) in [5.41, 5.74) is 8.08. The monoisotopic (exact) mass is 486 g/mol. The second-order valence-corrected chi connectivity index (χ2v) is 8.31. The predicted octanol–water partition coefficient (Wildman–Crippen LogP) is 3.95. The summed E-state index contributed by atoms with van der Waals surface area (Å²) in [6, 6.07) is 8.85. The Kier molecular flexibility index (Phi) is 6.79. The van der Waals surface area contributed by atoms with Crippen molar-refractivity contribution in [1.82, 2.24) is 14.9 Å². The lowest BCUT2D eigenvalue weighted by molar-refractivity contribution is -0.137. The number of carbonyl (C=O) groups is 1. The lowest BCUT2D eigenvalue weighted by Crippen LogP contribution is -2.26. The molecule has 184 valence electrons. The summed E-state index contributed by atoms with van der Waals surface area (Å²) in [5.74, 6) is 0.125. The highest BCUT2D eigenvalue weighted by molar-refractivity contribution is 5.97. The Bertz CT molecular complexity index is 1250. The van der Waals surface area contributed by atoms with Gasteiger partial charge in [-0.2, -0.15) is 18.2 Å². The van der Waals surface area contributed by atoms with E-state index in [-0.39, 0.29) is 23.9 Å². The van der Waals surface area contributed by atoms with Crippen molar-refractivity contribution in [1.29, 1.82) is 0 Å². The van der Waals surface area contributed by atoms with E-state index in [9.17, 15) is 18.0 Å². The van der Waals surface area contributed by atoms with Crippen molar-refractivity contribution in [3.05, 3.63) is 70.4 Å². The van der Waals surface area contributed by atoms with E-state index in [1.54, 1.807) is 13.2 Å². The van der Waals surface area contributed by atoms with Gasteiger partial charge in [-0.1, -0.05) is 12.1 Å². The second-order valence-electron chi connectivity index (χ2n) is 8.31. The third kappa shape index (κ3) is 5.62. The molecule has 35 heavy (non-hydrogen) atoms. The number of hydrogen-bond acceptors (Lipinski definition) is 7. The molecule has 0 atom stereocenters. The molecule has 0 spiro atoms. The number of halogens is 3. The number of anilines is 3. The molecule has 2 aromatic carbocycles. The van der Waals surface area contributed by atoms with E-state index in [2.05, 4.69) is 25.5 Å². The Morgan fingerprint density at radius 2 is 2.03 bits per heavy atom. The van der Waals surface area contributed by atoms with Crippen LogP contribution in [-0.4, -0.2) is 41.5 Å². The number of nitrogens with one attached hydrogen (secondary N) is 2. The molecular weight excluding hydrogens is 461 g/mol. The summed E-state index contributed by atoms with van der Waals surface area (Å²) in [7, 11) is 3.62. The van der Waals surface area contributed by atoms with Crippen LogP contribution in [0.5, 0.6) is 5.75 Å². The summed E-state index contributed by atoms with van der Waals surface area (Å²) in [5, 5.41) is 6.02. The number of methoxy groups -OCH3 is 1. The molecule has 0 bridgehead atoms. The van der Waals surface area contributed by atoms with Crippen LogP contribution in [0.2, 0.25) is 0 Å². The molecule has 11 heteroatoms. The first-order valence-corrected chi connectivity index (χ1v) is 10.9. The van der Waals surface area contributed by atoms with Gasteiger partial charge in [0.2, 0.25) is 5.95 Å². The van der Waals surface area contributed by atoms with Crippen LogP contribution in [0.4, 0.5) is 30.6 Å².